The lowest BCUT2D eigenvalue weighted by atomic mass is 10.1. The number of carboxylic acid groups (broad SMARTS) is 1. The molecule has 1 heterocycles. The van der Waals surface area contributed by atoms with Crippen molar-refractivity contribution in [1.29, 1.82) is 0 Å². The first-order chi connectivity index (χ1) is 11.2. The molecular formula is C14H22N2O7S. The molecule has 1 amide bonds. The summed E-state index contributed by atoms with van der Waals surface area (Å²) in [5.74, 6) is -1.47. The fourth-order valence-corrected chi connectivity index (χ4v) is 3.29. The number of likely N-dealkylation sites (tertiary alicyclic amines) is 1. The number of hydrogen-bond acceptors (Lipinski definition) is 7. The second kappa shape index (κ2) is 9.45. The van der Waals surface area contributed by atoms with E-state index < -0.39 is 29.1 Å². The molecule has 1 rings (SSSR count). The van der Waals surface area contributed by atoms with E-state index in [0.717, 1.165) is 11.8 Å². The number of rotatable bonds is 9. The van der Waals surface area contributed by atoms with Crippen molar-refractivity contribution in [3.8, 4) is 0 Å². The smallest absolute Gasteiger partial charge is 0.326 e. The fraction of sp³-hybridized carbons (Fsp3) is 0.786. The maximum atomic E-state index is 12.3. The summed E-state index contributed by atoms with van der Waals surface area (Å²) < 4.78 is 0. The minimum Gasteiger partial charge on any atom is -0.480 e. The third-order valence-electron chi connectivity index (χ3n) is 3.76. The average Bonchev–Trinajstić information content (AvgIpc) is 2.98. The molecule has 10 heteroatoms. The molecular weight excluding hydrogens is 340 g/mol. The Morgan fingerprint density at radius 2 is 2.08 bits per heavy atom. The van der Waals surface area contributed by atoms with Gasteiger partial charge >= 0.3 is 5.97 Å². The highest BCUT2D eigenvalue weighted by atomic mass is 32.2. The summed E-state index contributed by atoms with van der Waals surface area (Å²) in [5.41, 5.74) is 0. The molecule has 0 spiro atoms. The first-order valence-corrected chi connectivity index (χ1v) is 8.71. The van der Waals surface area contributed by atoms with Crippen LogP contribution in [-0.2, 0) is 19.2 Å². The molecule has 0 bridgehead atoms. The van der Waals surface area contributed by atoms with Crippen molar-refractivity contribution in [3.63, 3.8) is 0 Å². The van der Waals surface area contributed by atoms with Gasteiger partial charge in [-0.3, -0.25) is 9.59 Å². The molecule has 0 aliphatic carbocycles. The van der Waals surface area contributed by atoms with Gasteiger partial charge in [0.1, 0.15) is 12.1 Å². The molecule has 0 aromatic heterocycles. The van der Waals surface area contributed by atoms with Gasteiger partial charge in [-0.25, -0.2) is 4.79 Å². The molecule has 3 atom stereocenters. The molecule has 1 saturated heterocycles. The van der Waals surface area contributed by atoms with Crippen LogP contribution in [0.5, 0.6) is 0 Å². The molecule has 136 valence electrons. The summed E-state index contributed by atoms with van der Waals surface area (Å²) in [6, 6.07) is -0.777. The number of carboxylic acids is 1. The first kappa shape index (κ1) is 20.2. The SMILES string of the molecule is CC(CCC(=O)SC[C@@H](C)C(=O)N1CCC[C@H]1C(=O)O)O[N+](=O)[O-]. The predicted octanol–water partition coefficient (Wildman–Crippen LogP) is 1.33. The number of amides is 1. The van der Waals surface area contributed by atoms with Crippen LogP contribution in [0.3, 0.4) is 0 Å². The Morgan fingerprint density at radius 1 is 1.42 bits per heavy atom. The molecule has 1 N–H and O–H groups in total. The quantitative estimate of drug-likeness (QED) is 0.481. The molecule has 0 aromatic rings. The van der Waals surface area contributed by atoms with Crippen LogP contribution in [0.25, 0.3) is 0 Å². The lowest BCUT2D eigenvalue weighted by molar-refractivity contribution is -0.767. The highest BCUT2D eigenvalue weighted by Crippen LogP contribution is 2.22. The number of aliphatic carboxylic acids is 1. The second-order valence-corrected chi connectivity index (χ2v) is 6.87. The summed E-state index contributed by atoms with van der Waals surface area (Å²) in [4.78, 5) is 51.0. The predicted molar refractivity (Wildman–Crippen MR) is 85.8 cm³/mol. The molecule has 24 heavy (non-hydrogen) atoms. The Kier molecular flexibility index (Phi) is 7.96. The largest absolute Gasteiger partial charge is 0.480 e. The summed E-state index contributed by atoms with van der Waals surface area (Å²) in [6.07, 6.45) is 0.790. The Balaban J connectivity index is 2.35. The van der Waals surface area contributed by atoms with E-state index in [9.17, 15) is 24.5 Å². The third-order valence-corrected chi connectivity index (χ3v) is 4.95. The lowest BCUT2D eigenvalue weighted by Crippen LogP contribution is -2.43. The second-order valence-electron chi connectivity index (χ2n) is 5.79. The van der Waals surface area contributed by atoms with Gasteiger partial charge in [-0.15, -0.1) is 10.1 Å². The van der Waals surface area contributed by atoms with Crippen LogP contribution in [0.2, 0.25) is 0 Å². The number of nitrogens with zero attached hydrogens (tertiary/aromatic N) is 2. The minimum absolute atomic E-state index is 0.113. The molecule has 0 radical (unpaired) electrons. The normalized spacial score (nSPS) is 19.6. The highest BCUT2D eigenvalue weighted by Gasteiger charge is 2.35. The fourth-order valence-electron chi connectivity index (χ4n) is 2.45. The van der Waals surface area contributed by atoms with E-state index in [4.69, 9.17) is 5.11 Å². The van der Waals surface area contributed by atoms with Crippen molar-refractivity contribution in [2.24, 2.45) is 5.92 Å². The van der Waals surface area contributed by atoms with Gasteiger partial charge in [0.25, 0.3) is 5.09 Å². The highest BCUT2D eigenvalue weighted by molar-refractivity contribution is 8.13. The summed E-state index contributed by atoms with van der Waals surface area (Å²) >= 11 is 0.983. The number of thioether (sulfide) groups is 1. The van der Waals surface area contributed by atoms with Crippen molar-refractivity contribution in [1.82, 2.24) is 4.90 Å². The van der Waals surface area contributed by atoms with Crippen molar-refractivity contribution < 1.29 is 29.4 Å². The number of carbonyl (C=O) groups is 3. The standard InChI is InChI=1S/C14H22N2O7S/c1-9(13(18)15-7-3-4-11(15)14(19)20)8-24-12(17)6-5-10(2)23-16(21)22/h9-11H,3-8H2,1-2H3,(H,19,20)/t9-,10?,11+/m1/s1. The Labute approximate surface area is 143 Å². The molecule has 1 aliphatic heterocycles. The molecule has 9 nitrogen and oxygen atoms in total. The van der Waals surface area contributed by atoms with E-state index >= 15 is 0 Å². The van der Waals surface area contributed by atoms with Crippen LogP contribution >= 0.6 is 11.8 Å². The van der Waals surface area contributed by atoms with Gasteiger partial charge in [-0.05, 0) is 26.2 Å². The van der Waals surface area contributed by atoms with E-state index in [1.54, 1.807) is 6.92 Å². The Bertz CT molecular complexity index is 500. The van der Waals surface area contributed by atoms with E-state index in [1.807, 2.05) is 0 Å². The van der Waals surface area contributed by atoms with Crippen molar-refractivity contribution in [2.45, 2.75) is 51.7 Å². The monoisotopic (exact) mass is 362 g/mol. The van der Waals surface area contributed by atoms with Crippen LogP contribution in [0.15, 0.2) is 0 Å². The number of hydrogen-bond donors (Lipinski definition) is 1. The lowest BCUT2D eigenvalue weighted by Gasteiger charge is -2.24. The van der Waals surface area contributed by atoms with Gasteiger partial charge in [0, 0.05) is 24.6 Å². The zero-order chi connectivity index (χ0) is 18.3. The maximum Gasteiger partial charge on any atom is 0.326 e. The van der Waals surface area contributed by atoms with Crippen LogP contribution in [0.4, 0.5) is 0 Å². The van der Waals surface area contributed by atoms with Gasteiger partial charge in [0.2, 0.25) is 5.91 Å². The van der Waals surface area contributed by atoms with Crippen molar-refractivity contribution in [3.05, 3.63) is 10.1 Å². The van der Waals surface area contributed by atoms with Crippen LogP contribution in [0, 0.1) is 16.0 Å². The molecule has 1 unspecified atom stereocenters. The molecule has 1 aliphatic rings. The maximum absolute atomic E-state index is 12.3. The van der Waals surface area contributed by atoms with Gasteiger partial charge < -0.3 is 14.8 Å². The van der Waals surface area contributed by atoms with Gasteiger partial charge in [-0.2, -0.15) is 0 Å². The molecule has 1 fully saturated rings. The average molecular weight is 362 g/mol. The zero-order valence-corrected chi connectivity index (χ0v) is 14.5. The first-order valence-electron chi connectivity index (χ1n) is 7.72. The van der Waals surface area contributed by atoms with Crippen molar-refractivity contribution >= 4 is 28.8 Å². The summed E-state index contributed by atoms with van der Waals surface area (Å²) in [6.45, 7) is 3.60. The van der Waals surface area contributed by atoms with E-state index in [2.05, 4.69) is 4.84 Å². The topological polar surface area (TPSA) is 127 Å². The summed E-state index contributed by atoms with van der Waals surface area (Å²) in [5, 5.41) is 18.2. The van der Waals surface area contributed by atoms with E-state index in [1.165, 1.54) is 11.8 Å². The number of carbonyl (C=O) groups excluding carboxylic acids is 2. The van der Waals surface area contributed by atoms with Crippen molar-refractivity contribution in [2.75, 3.05) is 12.3 Å². The minimum atomic E-state index is -1.00. The van der Waals surface area contributed by atoms with Crippen LogP contribution < -0.4 is 0 Å². The molecule has 0 aromatic carbocycles. The van der Waals surface area contributed by atoms with Crippen LogP contribution in [0.1, 0.15) is 39.5 Å². The van der Waals surface area contributed by atoms with E-state index in [-0.39, 0.29) is 29.6 Å². The van der Waals surface area contributed by atoms with Crippen LogP contribution in [-0.4, -0.2) is 56.5 Å². The Hall–Kier alpha value is -1.84. The zero-order valence-electron chi connectivity index (χ0n) is 13.7. The van der Waals surface area contributed by atoms with Gasteiger partial charge in [0.05, 0.1) is 0 Å². The summed E-state index contributed by atoms with van der Waals surface area (Å²) in [7, 11) is 0. The third kappa shape index (κ3) is 6.34. The van der Waals surface area contributed by atoms with Gasteiger partial charge in [0.15, 0.2) is 5.12 Å². The van der Waals surface area contributed by atoms with E-state index in [0.29, 0.717) is 19.4 Å². The molecule has 0 saturated carbocycles. The van der Waals surface area contributed by atoms with Gasteiger partial charge in [-0.1, -0.05) is 18.7 Å². The Morgan fingerprint density at radius 3 is 2.67 bits per heavy atom.